The van der Waals surface area contributed by atoms with Crippen molar-refractivity contribution in [3.8, 4) is 6.07 Å². The molecule has 17 heavy (non-hydrogen) atoms. The fourth-order valence-electron chi connectivity index (χ4n) is 2.33. The molecule has 2 atom stereocenters. The second kappa shape index (κ2) is 4.65. The largest absolute Gasteiger partial charge is 0.217 e. The third-order valence-electron chi connectivity index (χ3n) is 3.48. The minimum Gasteiger partial charge on any atom is -0.217 e. The van der Waals surface area contributed by atoms with Crippen LogP contribution >= 0.6 is 11.8 Å². The first-order chi connectivity index (χ1) is 8.38. The molecule has 1 aromatic rings. The smallest absolute Gasteiger partial charge is 0.209 e. The quantitative estimate of drug-likeness (QED) is 0.821. The van der Waals surface area contributed by atoms with Crippen LogP contribution in [0.4, 0.5) is 0 Å². The zero-order valence-electron chi connectivity index (χ0n) is 9.62. The minimum absolute atomic E-state index is 0.165. The number of nitriles is 1. The lowest BCUT2D eigenvalue weighted by atomic mass is 9.90. The van der Waals surface area contributed by atoms with Gasteiger partial charge in [-0.15, -0.1) is 5.10 Å². The lowest BCUT2D eigenvalue weighted by Crippen LogP contribution is -2.21. The summed E-state index contributed by atoms with van der Waals surface area (Å²) in [7, 11) is 0. The molecule has 0 aliphatic heterocycles. The third kappa shape index (κ3) is 2.29. The summed E-state index contributed by atoms with van der Waals surface area (Å²) in [5.41, 5.74) is 0. The van der Waals surface area contributed by atoms with Crippen molar-refractivity contribution < 1.29 is 0 Å². The van der Waals surface area contributed by atoms with E-state index in [4.69, 9.17) is 5.26 Å². The van der Waals surface area contributed by atoms with Crippen LogP contribution in [0.15, 0.2) is 5.16 Å². The Morgan fingerprint density at radius 1 is 1.24 bits per heavy atom. The summed E-state index contributed by atoms with van der Waals surface area (Å²) in [6, 6.07) is 2.94. The highest BCUT2D eigenvalue weighted by Gasteiger charge is 2.32. The van der Waals surface area contributed by atoms with Crippen molar-refractivity contribution in [2.75, 3.05) is 0 Å². The van der Waals surface area contributed by atoms with Crippen molar-refractivity contribution in [2.24, 2.45) is 5.92 Å². The molecule has 0 radical (unpaired) electrons. The van der Waals surface area contributed by atoms with Crippen molar-refractivity contribution in [1.82, 2.24) is 20.2 Å². The van der Waals surface area contributed by atoms with E-state index in [0.29, 0.717) is 11.3 Å². The van der Waals surface area contributed by atoms with E-state index in [1.54, 1.807) is 11.8 Å². The maximum Gasteiger partial charge on any atom is 0.209 e. The van der Waals surface area contributed by atoms with E-state index in [9.17, 15) is 0 Å². The molecule has 2 fully saturated rings. The average Bonchev–Trinajstić information content (AvgIpc) is 3.11. The molecule has 0 amide bonds. The zero-order valence-corrected chi connectivity index (χ0v) is 10.4. The van der Waals surface area contributed by atoms with Gasteiger partial charge in [-0.25, -0.2) is 4.68 Å². The molecule has 0 aromatic carbocycles. The second-order valence-corrected chi connectivity index (χ2v) is 6.02. The average molecular weight is 249 g/mol. The van der Waals surface area contributed by atoms with Gasteiger partial charge in [-0.3, -0.25) is 0 Å². The number of hydrogen-bond donors (Lipinski definition) is 0. The molecule has 6 heteroatoms. The minimum atomic E-state index is 0.165. The summed E-state index contributed by atoms with van der Waals surface area (Å²) < 4.78 is 1.94. The Balaban J connectivity index is 1.72. The van der Waals surface area contributed by atoms with Gasteiger partial charge >= 0.3 is 0 Å². The van der Waals surface area contributed by atoms with Crippen LogP contribution in [-0.2, 0) is 0 Å². The second-order valence-electron chi connectivity index (χ2n) is 4.81. The van der Waals surface area contributed by atoms with Gasteiger partial charge in [0.15, 0.2) is 0 Å². The number of thioether (sulfide) groups is 1. The standard InChI is InChI=1S/C11H15N5S/c12-7-8-3-1-2-4-10(8)17-11-13-14-15-16(11)9-5-6-9/h8-10H,1-6H2. The molecule has 0 spiro atoms. The summed E-state index contributed by atoms with van der Waals surface area (Å²) in [6.45, 7) is 0. The van der Waals surface area contributed by atoms with Gasteiger partial charge in [-0.1, -0.05) is 24.6 Å². The molecular formula is C11H15N5S. The van der Waals surface area contributed by atoms with Crippen LogP contribution in [0.2, 0.25) is 0 Å². The molecule has 0 saturated heterocycles. The van der Waals surface area contributed by atoms with Gasteiger partial charge in [0.05, 0.1) is 18.0 Å². The number of hydrogen-bond acceptors (Lipinski definition) is 5. The number of tetrazole rings is 1. The maximum absolute atomic E-state index is 9.16. The number of nitrogens with zero attached hydrogens (tertiary/aromatic N) is 5. The monoisotopic (exact) mass is 249 g/mol. The van der Waals surface area contributed by atoms with Crippen LogP contribution in [0, 0.1) is 17.2 Å². The van der Waals surface area contributed by atoms with Gasteiger partial charge < -0.3 is 0 Å². The molecule has 2 unspecified atom stereocenters. The molecule has 2 aliphatic rings. The van der Waals surface area contributed by atoms with Crippen LogP contribution in [0.3, 0.4) is 0 Å². The van der Waals surface area contributed by atoms with Gasteiger partial charge in [0.25, 0.3) is 0 Å². The fourth-order valence-corrected chi connectivity index (χ4v) is 3.63. The Bertz CT molecular complexity index is 433. The Kier molecular flexibility index (Phi) is 3.02. The predicted molar refractivity (Wildman–Crippen MR) is 63.3 cm³/mol. The summed E-state index contributed by atoms with van der Waals surface area (Å²) in [5.74, 6) is 0.165. The molecule has 1 heterocycles. The first-order valence-electron chi connectivity index (χ1n) is 6.22. The highest BCUT2D eigenvalue weighted by Crippen LogP contribution is 2.40. The van der Waals surface area contributed by atoms with Crippen molar-refractivity contribution in [3.63, 3.8) is 0 Å². The maximum atomic E-state index is 9.16. The molecule has 2 aliphatic carbocycles. The van der Waals surface area contributed by atoms with Crippen LogP contribution in [0.5, 0.6) is 0 Å². The third-order valence-corrected chi connectivity index (χ3v) is 4.83. The fraction of sp³-hybridized carbons (Fsp3) is 0.818. The summed E-state index contributed by atoms with van der Waals surface area (Å²) >= 11 is 1.70. The Morgan fingerprint density at radius 3 is 2.82 bits per heavy atom. The topological polar surface area (TPSA) is 67.4 Å². The lowest BCUT2D eigenvalue weighted by Gasteiger charge is -2.25. The van der Waals surface area contributed by atoms with E-state index in [0.717, 1.165) is 18.0 Å². The highest BCUT2D eigenvalue weighted by atomic mass is 32.2. The van der Waals surface area contributed by atoms with E-state index in [1.807, 2.05) is 4.68 Å². The number of rotatable bonds is 3. The Labute approximate surface area is 105 Å². The lowest BCUT2D eigenvalue weighted by molar-refractivity contribution is 0.437. The van der Waals surface area contributed by atoms with Crippen LogP contribution in [0.25, 0.3) is 0 Å². The van der Waals surface area contributed by atoms with Crippen molar-refractivity contribution in [2.45, 2.75) is 55.0 Å². The Morgan fingerprint density at radius 2 is 2.06 bits per heavy atom. The van der Waals surface area contributed by atoms with Gasteiger partial charge in [0.2, 0.25) is 5.16 Å². The Hall–Kier alpha value is -1.09. The molecular weight excluding hydrogens is 234 g/mol. The number of aromatic nitrogens is 4. The van der Waals surface area contributed by atoms with Gasteiger partial charge in [0.1, 0.15) is 0 Å². The molecule has 0 N–H and O–H groups in total. The van der Waals surface area contributed by atoms with Crippen LogP contribution in [0.1, 0.15) is 44.6 Å². The van der Waals surface area contributed by atoms with E-state index >= 15 is 0 Å². The normalized spacial score (nSPS) is 28.9. The van der Waals surface area contributed by atoms with Crippen molar-refractivity contribution in [3.05, 3.63) is 0 Å². The summed E-state index contributed by atoms with van der Waals surface area (Å²) in [6.07, 6.45) is 6.92. The summed E-state index contributed by atoms with van der Waals surface area (Å²) in [5, 5.41) is 22.3. The zero-order chi connectivity index (χ0) is 11.7. The van der Waals surface area contributed by atoms with E-state index < -0.39 is 0 Å². The van der Waals surface area contributed by atoms with Crippen molar-refractivity contribution >= 4 is 11.8 Å². The highest BCUT2D eigenvalue weighted by molar-refractivity contribution is 7.99. The van der Waals surface area contributed by atoms with Crippen LogP contribution in [-0.4, -0.2) is 25.5 Å². The first-order valence-corrected chi connectivity index (χ1v) is 7.10. The summed E-state index contributed by atoms with van der Waals surface area (Å²) in [4.78, 5) is 0. The van der Waals surface area contributed by atoms with E-state index in [1.165, 1.54) is 25.7 Å². The van der Waals surface area contributed by atoms with E-state index in [2.05, 4.69) is 21.6 Å². The van der Waals surface area contributed by atoms with E-state index in [-0.39, 0.29) is 5.92 Å². The van der Waals surface area contributed by atoms with Gasteiger partial charge in [0, 0.05) is 5.25 Å². The SMILES string of the molecule is N#CC1CCCCC1Sc1nnnn1C1CC1. The van der Waals surface area contributed by atoms with Gasteiger partial charge in [-0.2, -0.15) is 5.26 Å². The van der Waals surface area contributed by atoms with Crippen molar-refractivity contribution in [1.29, 1.82) is 5.26 Å². The first kappa shape index (κ1) is 11.0. The molecule has 0 bridgehead atoms. The molecule has 3 rings (SSSR count). The molecule has 2 saturated carbocycles. The van der Waals surface area contributed by atoms with Gasteiger partial charge in [-0.05, 0) is 36.1 Å². The predicted octanol–water partition coefficient (Wildman–Crippen LogP) is 2.18. The molecule has 90 valence electrons. The molecule has 1 aromatic heterocycles. The van der Waals surface area contributed by atoms with Crippen LogP contribution < -0.4 is 0 Å². The molecule has 5 nitrogen and oxygen atoms in total.